The summed E-state index contributed by atoms with van der Waals surface area (Å²) in [4.78, 5) is 24.1. The zero-order valence-corrected chi connectivity index (χ0v) is 8.61. The second-order valence-electron chi connectivity index (χ2n) is 2.58. The maximum absolute atomic E-state index is 12.1. The van der Waals surface area contributed by atoms with E-state index in [2.05, 4.69) is 15.5 Å². The summed E-state index contributed by atoms with van der Waals surface area (Å²) in [5.41, 5.74) is 3.26. The lowest BCUT2D eigenvalue weighted by Gasteiger charge is -2.08. The van der Waals surface area contributed by atoms with Gasteiger partial charge in [-0.2, -0.15) is 13.2 Å². The van der Waals surface area contributed by atoms with Crippen LogP contribution in [0.2, 0.25) is 0 Å². The monoisotopic (exact) mass is 254 g/mol. The average molecular weight is 254 g/mol. The first-order valence-corrected chi connectivity index (χ1v) is 4.21. The largest absolute Gasteiger partial charge is 0.504 e. The van der Waals surface area contributed by atoms with Crippen molar-refractivity contribution >= 4 is 18.2 Å². The number of halogens is 3. The fraction of sp³-hybridized carbons (Fsp3) is 0.375. The van der Waals surface area contributed by atoms with E-state index < -0.39 is 29.5 Å². The Morgan fingerprint density at radius 2 is 2.00 bits per heavy atom. The van der Waals surface area contributed by atoms with Gasteiger partial charge in [-0.1, -0.05) is 0 Å². The number of amides is 2. The number of alkyl halides is 3. The zero-order chi connectivity index (χ0) is 13.6. The van der Waals surface area contributed by atoms with E-state index in [9.17, 15) is 22.8 Å². The first-order valence-electron chi connectivity index (χ1n) is 4.21. The molecule has 0 radical (unpaired) electrons. The number of carbonyl (C=O) groups is 2. The van der Waals surface area contributed by atoms with Crippen LogP contribution >= 0.6 is 0 Å². The molecule has 0 rings (SSSR count). The summed E-state index contributed by atoms with van der Waals surface area (Å²) in [5, 5.41) is 8.77. The molecule has 0 aliphatic heterocycles. The predicted octanol–water partition coefficient (Wildman–Crippen LogP) is 1.07. The highest BCUT2D eigenvalue weighted by Gasteiger charge is 2.38. The van der Waals surface area contributed by atoms with Crippen molar-refractivity contribution in [2.45, 2.75) is 13.1 Å². The van der Waals surface area contributed by atoms with Gasteiger partial charge in [0.05, 0.1) is 12.8 Å². The summed E-state index contributed by atoms with van der Waals surface area (Å²) in [5.74, 6) is -3.67. The molecule has 96 valence electrons. The third-order valence-corrected chi connectivity index (χ3v) is 1.34. The maximum atomic E-state index is 12.1. The number of rotatable bonds is 3. The maximum Gasteiger partial charge on any atom is 0.449 e. The topological polar surface area (TPSA) is 102 Å². The lowest BCUT2D eigenvalue weighted by Crippen LogP contribution is -2.21. The van der Waals surface area contributed by atoms with E-state index >= 15 is 0 Å². The summed E-state index contributed by atoms with van der Waals surface area (Å²) >= 11 is 0. The van der Waals surface area contributed by atoms with Crippen LogP contribution in [0.4, 0.5) is 18.0 Å². The molecule has 6 nitrogen and oxygen atoms in total. The Balaban J connectivity index is 5.39. The lowest BCUT2D eigenvalue weighted by molar-refractivity contribution is -0.141. The van der Waals surface area contributed by atoms with Crippen LogP contribution in [0.5, 0.6) is 0 Å². The molecule has 0 atom stereocenters. The number of aliphatic hydroxyl groups is 1. The molecule has 2 amide bonds. The van der Waals surface area contributed by atoms with Crippen molar-refractivity contribution in [2.24, 2.45) is 10.7 Å². The minimum absolute atomic E-state index is 0.198. The quantitative estimate of drug-likeness (QED) is 0.340. The summed E-state index contributed by atoms with van der Waals surface area (Å²) in [7, 11) is 0. The third-order valence-electron chi connectivity index (χ3n) is 1.34. The molecule has 0 unspecified atom stereocenters. The molecule has 0 fully saturated rings. The molecule has 0 saturated heterocycles. The van der Waals surface area contributed by atoms with Crippen molar-refractivity contribution in [3.8, 4) is 0 Å². The van der Waals surface area contributed by atoms with Gasteiger partial charge in [0.1, 0.15) is 5.57 Å². The third kappa shape index (κ3) is 5.00. The van der Waals surface area contributed by atoms with Crippen LogP contribution < -0.4 is 5.73 Å². The number of nitrogens with two attached hydrogens (primary N) is 1. The molecule has 0 aliphatic carbocycles. The normalized spacial score (nSPS) is 13.4. The van der Waals surface area contributed by atoms with Crippen LogP contribution in [-0.4, -0.2) is 36.1 Å². The Hall–Kier alpha value is -2.06. The molecule has 0 aliphatic rings. The Morgan fingerprint density at radius 3 is 2.35 bits per heavy atom. The molecule has 0 aromatic heterocycles. The molecule has 17 heavy (non-hydrogen) atoms. The molecular formula is C8H9F3N2O4. The van der Waals surface area contributed by atoms with Gasteiger partial charge in [0.2, 0.25) is 5.76 Å². The van der Waals surface area contributed by atoms with E-state index in [1.165, 1.54) is 6.92 Å². The van der Waals surface area contributed by atoms with Crippen molar-refractivity contribution in [2.75, 3.05) is 6.61 Å². The van der Waals surface area contributed by atoms with Gasteiger partial charge in [-0.25, -0.2) is 14.6 Å². The lowest BCUT2D eigenvalue weighted by atomic mass is 10.2. The first kappa shape index (κ1) is 14.9. The number of ether oxygens (including phenoxy) is 1. The molecule has 9 heteroatoms. The molecule has 3 N–H and O–H groups in total. The Morgan fingerprint density at radius 1 is 1.47 bits per heavy atom. The number of hydrogen-bond acceptors (Lipinski definition) is 4. The van der Waals surface area contributed by atoms with Crippen LogP contribution in [0.3, 0.4) is 0 Å². The van der Waals surface area contributed by atoms with Crippen LogP contribution in [0.15, 0.2) is 16.3 Å². The van der Waals surface area contributed by atoms with Crippen molar-refractivity contribution in [3.63, 3.8) is 0 Å². The van der Waals surface area contributed by atoms with Gasteiger partial charge in [-0.05, 0) is 6.92 Å². The molecule has 0 aromatic carbocycles. The minimum Gasteiger partial charge on any atom is -0.504 e. The second kappa shape index (κ2) is 5.87. The van der Waals surface area contributed by atoms with Crippen molar-refractivity contribution in [1.82, 2.24) is 0 Å². The van der Waals surface area contributed by atoms with Gasteiger partial charge in [0.25, 0.3) is 0 Å². The number of carbonyl (C=O) groups excluding carboxylic acids is 2. The highest BCUT2D eigenvalue weighted by atomic mass is 19.4. The number of aliphatic imine (C=N–C) groups is 1. The van der Waals surface area contributed by atoms with Crippen LogP contribution in [0, 0.1) is 0 Å². The molecule has 0 aromatic rings. The van der Waals surface area contributed by atoms with E-state index in [0.29, 0.717) is 0 Å². The van der Waals surface area contributed by atoms with Crippen LogP contribution in [0.1, 0.15) is 6.92 Å². The van der Waals surface area contributed by atoms with Gasteiger partial charge in [0, 0.05) is 0 Å². The molecule has 0 spiro atoms. The molecular weight excluding hydrogens is 245 g/mol. The van der Waals surface area contributed by atoms with Crippen molar-refractivity contribution in [1.29, 1.82) is 0 Å². The fourth-order valence-electron chi connectivity index (χ4n) is 0.700. The first-order chi connectivity index (χ1) is 7.70. The number of hydrogen-bond donors (Lipinski definition) is 2. The Kier molecular flexibility index (Phi) is 5.16. The van der Waals surface area contributed by atoms with Gasteiger partial charge in [0.15, 0.2) is 0 Å². The zero-order valence-electron chi connectivity index (χ0n) is 8.61. The summed E-state index contributed by atoms with van der Waals surface area (Å²) < 4.78 is 40.6. The SMILES string of the molecule is CCOC(=O)C(C=NC(N)=O)=C(O)C(F)(F)F. The van der Waals surface area contributed by atoms with Gasteiger partial charge in [-0.3, -0.25) is 0 Å². The molecule has 0 bridgehead atoms. The number of allylic oxidation sites excluding steroid dienone is 1. The number of primary amides is 1. The van der Waals surface area contributed by atoms with E-state index in [1.54, 1.807) is 0 Å². The van der Waals surface area contributed by atoms with Crippen LogP contribution in [-0.2, 0) is 9.53 Å². The average Bonchev–Trinajstić information content (AvgIpc) is 2.16. The van der Waals surface area contributed by atoms with Crippen LogP contribution in [0.25, 0.3) is 0 Å². The fourth-order valence-corrected chi connectivity index (χ4v) is 0.700. The van der Waals surface area contributed by atoms with Crippen molar-refractivity contribution in [3.05, 3.63) is 11.3 Å². The Labute approximate surface area is 93.6 Å². The van der Waals surface area contributed by atoms with E-state index in [-0.39, 0.29) is 12.8 Å². The Bertz CT molecular complexity index is 373. The van der Waals surface area contributed by atoms with Gasteiger partial charge < -0.3 is 15.6 Å². The highest BCUT2D eigenvalue weighted by molar-refractivity contribution is 6.12. The smallest absolute Gasteiger partial charge is 0.449 e. The van der Waals surface area contributed by atoms with E-state index in [4.69, 9.17) is 5.11 Å². The number of urea groups is 1. The molecule has 0 heterocycles. The molecule has 0 saturated carbocycles. The number of nitrogens with zero attached hydrogens (tertiary/aromatic N) is 1. The number of esters is 1. The van der Waals surface area contributed by atoms with Gasteiger partial charge in [-0.15, -0.1) is 0 Å². The minimum atomic E-state index is -5.16. The standard InChI is InChI=1S/C8H9F3N2O4/c1-2-17-6(15)4(3-13-7(12)16)5(14)8(9,10)11/h3,14H,2H2,1H3,(H2,12,16). The van der Waals surface area contributed by atoms with E-state index in [0.717, 1.165) is 0 Å². The van der Waals surface area contributed by atoms with Gasteiger partial charge >= 0.3 is 18.2 Å². The summed E-state index contributed by atoms with van der Waals surface area (Å²) in [6, 6.07) is -1.32. The predicted molar refractivity (Wildman–Crippen MR) is 50.4 cm³/mol. The van der Waals surface area contributed by atoms with Crippen molar-refractivity contribution < 1.29 is 32.6 Å². The summed E-state index contributed by atoms with van der Waals surface area (Å²) in [6.07, 6.45) is -4.96. The second-order valence-corrected chi connectivity index (χ2v) is 2.58. The number of aliphatic hydroxyl groups excluding tert-OH is 1. The highest BCUT2D eigenvalue weighted by Crippen LogP contribution is 2.25. The van der Waals surface area contributed by atoms with E-state index in [1.807, 2.05) is 0 Å². The summed E-state index contributed by atoms with van der Waals surface area (Å²) in [6.45, 7) is 1.14.